The predicted octanol–water partition coefficient (Wildman–Crippen LogP) is 3.42. The molecule has 1 fully saturated rings. The van der Waals surface area contributed by atoms with Crippen molar-refractivity contribution in [2.45, 2.75) is 13.3 Å². The zero-order chi connectivity index (χ0) is 18.0. The molecule has 3 rings (SSSR count). The average molecular weight is 358 g/mol. The van der Waals surface area contributed by atoms with Gasteiger partial charge in [0.2, 0.25) is 5.91 Å². The van der Waals surface area contributed by atoms with Crippen molar-refractivity contribution in [3.05, 3.63) is 58.6 Å². The summed E-state index contributed by atoms with van der Waals surface area (Å²) in [6.45, 7) is 2.05. The van der Waals surface area contributed by atoms with Crippen molar-refractivity contribution >= 4 is 35.5 Å². The maximum atomic E-state index is 12.4. The number of nitrogens with zero attached hydrogens (tertiary/aromatic N) is 1. The van der Waals surface area contributed by atoms with E-state index >= 15 is 0 Å². The molecule has 2 aromatic carbocycles. The van der Waals surface area contributed by atoms with Gasteiger partial charge in [0.05, 0.1) is 11.5 Å². The Kier molecular flexibility index (Phi) is 4.86. The van der Waals surface area contributed by atoms with Crippen molar-refractivity contribution in [1.29, 1.82) is 0 Å². The lowest BCUT2D eigenvalue weighted by Gasteiger charge is -2.19. The number of carbonyl (C=O) groups excluding carboxylic acids is 3. The molecule has 1 heterocycles. The van der Waals surface area contributed by atoms with Crippen molar-refractivity contribution in [2.24, 2.45) is 5.92 Å². The van der Waals surface area contributed by atoms with Gasteiger partial charge in [0, 0.05) is 23.7 Å². The highest BCUT2D eigenvalue weighted by Gasteiger charge is 2.37. The van der Waals surface area contributed by atoms with Crippen LogP contribution in [0.25, 0.3) is 0 Å². The molecule has 0 aliphatic carbocycles. The van der Waals surface area contributed by atoms with E-state index in [9.17, 15) is 14.4 Å². The first-order chi connectivity index (χ1) is 12.0. The molecule has 128 valence electrons. The third-order valence-electron chi connectivity index (χ3n) is 4.24. The van der Waals surface area contributed by atoms with E-state index in [-0.39, 0.29) is 24.6 Å². The van der Waals surface area contributed by atoms with Crippen LogP contribution in [0.4, 0.5) is 5.69 Å². The lowest BCUT2D eigenvalue weighted by molar-refractivity contribution is -0.139. The minimum absolute atomic E-state index is 0.0635. The summed E-state index contributed by atoms with van der Waals surface area (Å²) in [6.07, 6.45) is 0.693. The van der Waals surface area contributed by atoms with Gasteiger partial charge in [-0.1, -0.05) is 29.8 Å². The van der Waals surface area contributed by atoms with Gasteiger partial charge in [-0.05, 0) is 36.8 Å². The van der Waals surface area contributed by atoms with E-state index in [1.54, 1.807) is 47.4 Å². The summed E-state index contributed by atoms with van der Waals surface area (Å²) in [4.78, 5) is 37.3. The topological polar surface area (TPSA) is 63.7 Å². The average Bonchev–Trinajstić information content (AvgIpc) is 2.99. The molecule has 25 heavy (non-hydrogen) atoms. The summed E-state index contributed by atoms with van der Waals surface area (Å²) in [5.41, 5.74) is 1.78. The number of halogens is 1. The minimum atomic E-state index is -0.592. The van der Waals surface area contributed by atoms with E-state index < -0.39 is 11.9 Å². The van der Waals surface area contributed by atoms with Crippen molar-refractivity contribution in [2.75, 3.05) is 11.4 Å². The Morgan fingerprint density at radius 2 is 2.00 bits per heavy atom. The number of anilines is 1. The van der Waals surface area contributed by atoms with E-state index in [1.807, 2.05) is 6.92 Å². The SMILES string of the molecule is Cc1c(Cl)cccc1N1C[C@@H](C(=O)Oc2ccccc2C=O)CC1=O. The minimum Gasteiger partial charge on any atom is -0.425 e. The predicted molar refractivity (Wildman–Crippen MR) is 94.1 cm³/mol. The molecule has 2 aromatic rings. The molecule has 0 radical (unpaired) electrons. The molecular formula is C19H16ClNO4. The van der Waals surface area contributed by atoms with E-state index in [0.29, 0.717) is 22.6 Å². The number of ether oxygens (including phenoxy) is 1. The van der Waals surface area contributed by atoms with Crippen LogP contribution in [0.3, 0.4) is 0 Å². The fourth-order valence-electron chi connectivity index (χ4n) is 2.85. The number of esters is 1. The Bertz CT molecular complexity index is 849. The first-order valence-corrected chi connectivity index (χ1v) is 8.20. The van der Waals surface area contributed by atoms with Crippen LogP contribution in [-0.4, -0.2) is 24.7 Å². The third-order valence-corrected chi connectivity index (χ3v) is 4.65. The highest BCUT2D eigenvalue weighted by atomic mass is 35.5. The monoisotopic (exact) mass is 357 g/mol. The van der Waals surface area contributed by atoms with Gasteiger partial charge in [0.1, 0.15) is 5.75 Å². The number of rotatable bonds is 4. The van der Waals surface area contributed by atoms with Crippen molar-refractivity contribution in [1.82, 2.24) is 0 Å². The highest BCUT2D eigenvalue weighted by molar-refractivity contribution is 6.31. The number of benzene rings is 2. The molecule has 5 nitrogen and oxygen atoms in total. The van der Waals surface area contributed by atoms with Crippen LogP contribution < -0.4 is 9.64 Å². The summed E-state index contributed by atoms with van der Waals surface area (Å²) in [6, 6.07) is 11.8. The molecule has 0 bridgehead atoms. The number of carbonyl (C=O) groups is 3. The Balaban J connectivity index is 1.77. The van der Waals surface area contributed by atoms with Crippen molar-refractivity contribution < 1.29 is 19.1 Å². The molecule has 1 saturated heterocycles. The van der Waals surface area contributed by atoms with Crippen LogP contribution >= 0.6 is 11.6 Å². The van der Waals surface area contributed by atoms with Gasteiger partial charge in [-0.3, -0.25) is 14.4 Å². The van der Waals surface area contributed by atoms with Crippen LogP contribution in [0, 0.1) is 12.8 Å². The van der Waals surface area contributed by atoms with Crippen LogP contribution in [0.1, 0.15) is 22.3 Å². The smallest absolute Gasteiger partial charge is 0.316 e. The van der Waals surface area contributed by atoms with Gasteiger partial charge in [-0.25, -0.2) is 0 Å². The van der Waals surface area contributed by atoms with Gasteiger partial charge < -0.3 is 9.64 Å². The fraction of sp³-hybridized carbons (Fsp3) is 0.211. The van der Waals surface area contributed by atoms with Gasteiger partial charge >= 0.3 is 5.97 Å². The van der Waals surface area contributed by atoms with Crippen LogP contribution in [0.15, 0.2) is 42.5 Å². The molecule has 0 unspecified atom stereocenters. The molecule has 0 spiro atoms. The summed E-state index contributed by atoms with van der Waals surface area (Å²) < 4.78 is 5.33. The first kappa shape index (κ1) is 17.2. The van der Waals surface area contributed by atoms with Crippen LogP contribution in [0.2, 0.25) is 5.02 Å². The Morgan fingerprint density at radius 1 is 1.24 bits per heavy atom. The Morgan fingerprint density at radius 3 is 2.76 bits per heavy atom. The van der Waals surface area contributed by atoms with Crippen LogP contribution in [-0.2, 0) is 9.59 Å². The normalized spacial score (nSPS) is 16.8. The van der Waals surface area contributed by atoms with Gasteiger partial charge in [-0.2, -0.15) is 0 Å². The molecule has 0 aromatic heterocycles. The maximum absolute atomic E-state index is 12.4. The summed E-state index contributed by atoms with van der Waals surface area (Å²) >= 11 is 6.12. The van der Waals surface area contributed by atoms with E-state index in [2.05, 4.69) is 0 Å². The van der Waals surface area contributed by atoms with E-state index in [0.717, 1.165) is 5.56 Å². The molecule has 1 atom stereocenters. The van der Waals surface area contributed by atoms with Gasteiger partial charge in [0.25, 0.3) is 0 Å². The largest absolute Gasteiger partial charge is 0.425 e. The number of aldehydes is 1. The Labute approximate surface area is 150 Å². The van der Waals surface area contributed by atoms with Gasteiger partial charge in [-0.15, -0.1) is 0 Å². The maximum Gasteiger partial charge on any atom is 0.316 e. The zero-order valence-corrected chi connectivity index (χ0v) is 14.3. The molecular weight excluding hydrogens is 342 g/mol. The second-order valence-corrected chi connectivity index (χ2v) is 6.27. The summed E-state index contributed by atoms with van der Waals surface area (Å²) in [5, 5.41) is 0.566. The molecule has 1 aliphatic rings. The lowest BCUT2D eigenvalue weighted by atomic mass is 10.1. The Hall–Kier alpha value is -2.66. The lowest BCUT2D eigenvalue weighted by Crippen LogP contribution is -2.28. The van der Waals surface area contributed by atoms with Crippen LogP contribution in [0.5, 0.6) is 5.75 Å². The van der Waals surface area contributed by atoms with Gasteiger partial charge in [0.15, 0.2) is 6.29 Å². The summed E-state index contributed by atoms with van der Waals surface area (Å²) in [7, 11) is 0. The molecule has 0 saturated carbocycles. The highest BCUT2D eigenvalue weighted by Crippen LogP contribution is 2.32. The number of hydrogen-bond donors (Lipinski definition) is 0. The molecule has 6 heteroatoms. The number of para-hydroxylation sites is 1. The standard InChI is InChI=1S/C19H16ClNO4/c1-12-15(20)6-4-7-16(12)21-10-14(9-18(21)23)19(24)25-17-8-3-2-5-13(17)11-22/h2-8,11,14H,9-10H2,1H3/t14-/m0/s1. The second kappa shape index (κ2) is 7.07. The number of hydrogen-bond acceptors (Lipinski definition) is 4. The fourth-order valence-corrected chi connectivity index (χ4v) is 3.02. The molecule has 1 aliphatic heterocycles. The van der Waals surface area contributed by atoms with Crippen molar-refractivity contribution in [3.63, 3.8) is 0 Å². The number of amides is 1. The van der Waals surface area contributed by atoms with Crippen molar-refractivity contribution in [3.8, 4) is 5.75 Å². The first-order valence-electron chi connectivity index (χ1n) is 7.82. The third kappa shape index (κ3) is 3.42. The quantitative estimate of drug-likeness (QED) is 0.478. The molecule has 0 N–H and O–H groups in total. The molecule has 1 amide bonds. The summed E-state index contributed by atoms with van der Waals surface area (Å²) in [5.74, 6) is -1.07. The van der Waals surface area contributed by atoms with E-state index in [1.165, 1.54) is 0 Å². The van der Waals surface area contributed by atoms with E-state index in [4.69, 9.17) is 16.3 Å². The zero-order valence-electron chi connectivity index (χ0n) is 13.6. The second-order valence-electron chi connectivity index (χ2n) is 5.87.